The first kappa shape index (κ1) is 19.8. The van der Waals surface area contributed by atoms with E-state index < -0.39 is 0 Å². The molecule has 2 aromatic rings. The summed E-state index contributed by atoms with van der Waals surface area (Å²) < 4.78 is 5.57. The summed E-state index contributed by atoms with van der Waals surface area (Å²) in [5, 5.41) is 6.83. The van der Waals surface area contributed by atoms with Gasteiger partial charge in [-0.2, -0.15) is 0 Å². The number of nitrogens with zero attached hydrogens (tertiary/aromatic N) is 1. The van der Waals surface area contributed by atoms with Crippen molar-refractivity contribution in [1.29, 1.82) is 0 Å². The summed E-state index contributed by atoms with van der Waals surface area (Å²) in [4.78, 5) is 14.6. The molecule has 2 atom stereocenters. The average molecular weight is 408 g/mol. The van der Waals surface area contributed by atoms with Crippen LogP contribution in [0.25, 0.3) is 0 Å². The second-order valence-electron chi connectivity index (χ2n) is 6.66. The molecule has 2 N–H and O–H groups in total. The molecule has 1 fully saturated rings. The van der Waals surface area contributed by atoms with Crippen LogP contribution in [0.2, 0.25) is 10.0 Å². The molecule has 0 saturated carbocycles. The number of ether oxygens (including phenoxy) is 1. The number of halogens is 2. The number of nitrogens with one attached hydrogen (secondary N) is 2. The number of carbonyl (C=O) groups is 1. The van der Waals surface area contributed by atoms with Gasteiger partial charge in [0.25, 0.3) is 0 Å². The molecule has 1 heterocycles. The maximum Gasteiger partial charge on any atom is 0.319 e. The van der Waals surface area contributed by atoms with Crippen molar-refractivity contribution in [2.75, 3.05) is 29.9 Å². The Bertz CT molecular complexity index is 798. The molecule has 1 aliphatic rings. The fourth-order valence-corrected chi connectivity index (χ4v) is 3.67. The van der Waals surface area contributed by atoms with Gasteiger partial charge in [-0.15, -0.1) is 0 Å². The monoisotopic (exact) mass is 407 g/mol. The zero-order valence-corrected chi connectivity index (χ0v) is 16.8. The van der Waals surface area contributed by atoms with Gasteiger partial charge in [0.15, 0.2) is 0 Å². The Balaban J connectivity index is 1.57. The lowest BCUT2D eigenvalue weighted by atomic mass is 10.1. The van der Waals surface area contributed by atoms with Gasteiger partial charge >= 0.3 is 6.03 Å². The SMILES string of the molecule is CC1CN(c2ccc(NC(=O)NC(C)c3ccc(Cl)cc3Cl)cc2)CCO1. The van der Waals surface area contributed by atoms with E-state index in [0.29, 0.717) is 10.0 Å². The third kappa shape index (κ3) is 5.28. The molecule has 2 aromatic carbocycles. The number of benzene rings is 2. The number of morpholine rings is 1. The quantitative estimate of drug-likeness (QED) is 0.740. The fourth-order valence-electron chi connectivity index (χ4n) is 3.10. The van der Waals surface area contributed by atoms with E-state index in [1.165, 1.54) is 0 Å². The third-order valence-corrected chi connectivity index (χ3v) is 5.07. The van der Waals surface area contributed by atoms with E-state index in [1.54, 1.807) is 12.1 Å². The minimum atomic E-state index is -0.290. The fraction of sp³-hybridized carbons (Fsp3) is 0.350. The topological polar surface area (TPSA) is 53.6 Å². The molecule has 1 saturated heterocycles. The van der Waals surface area contributed by atoms with Crippen molar-refractivity contribution in [1.82, 2.24) is 5.32 Å². The standard InChI is InChI=1S/C20H23Cl2N3O2/c1-13-12-25(9-10-27-13)17-6-4-16(5-7-17)24-20(26)23-14(2)18-8-3-15(21)11-19(18)22/h3-8,11,13-14H,9-10,12H2,1-2H3,(H2,23,24,26). The average Bonchev–Trinajstić information content (AvgIpc) is 2.62. The van der Waals surface area contributed by atoms with Gasteiger partial charge in [-0.3, -0.25) is 0 Å². The van der Waals surface area contributed by atoms with Gasteiger partial charge in [-0.1, -0.05) is 29.3 Å². The third-order valence-electron chi connectivity index (χ3n) is 4.51. The summed E-state index contributed by atoms with van der Waals surface area (Å²) in [7, 11) is 0. The smallest absolute Gasteiger partial charge is 0.319 e. The van der Waals surface area contributed by atoms with Crippen molar-refractivity contribution >= 4 is 40.6 Å². The number of hydrogen-bond acceptors (Lipinski definition) is 3. The van der Waals surface area contributed by atoms with Crippen LogP contribution in [0.1, 0.15) is 25.5 Å². The van der Waals surface area contributed by atoms with Crippen LogP contribution in [0.3, 0.4) is 0 Å². The normalized spacial score (nSPS) is 18.1. The molecule has 5 nitrogen and oxygen atoms in total. The van der Waals surface area contributed by atoms with Crippen molar-refractivity contribution in [2.24, 2.45) is 0 Å². The maximum atomic E-state index is 12.3. The zero-order valence-electron chi connectivity index (χ0n) is 15.3. The molecule has 0 bridgehead atoms. The van der Waals surface area contributed by atoms with Crippen molar-refractivity contribution in [3.63, 3.8) is 0 Å². The van der Waals surface area contributed by atoms with E-state index in [0.717, 1.165) is 36.6 Å². The molecule has 0 spiro atoms. The van der Waals surface area contributed by atoms with Gasteiger partial charge in [0.2, 0.25) is 0 Å². The molecule has 7 heteroatoms. The Kier molecular flexibility index (Phi) is 6.47. The Morgan fingerprint density at radius 1 is 1.22 bits per heavy atom. The number of anilines is 2. The Morgan fingerprint density at radius 2 is 1.96 bits per heavy atom. The molecule has 144 valence electrons. The van der Waals surface area contributed by atoms with Crippen LogP contribution in [0.5, 0.6) is 0 Å². The zero-order chi connectivity index (χ0) is 19.4. The lowest BCUT2D eigenvalue weighted by Gasteiger charge is -2.33. The molecule has 27 heavy (non-hydrogen) atoms. The van der Waals surface area contributed by atoms with Crippen LogP contribution < -0.4 is 15.5 Å². The van der Waals surface area contributed by atoms with Crippen molar-refractivity contribution < 1.29 is 9.53 Å². The van der Waals surface area contributed by atoms with E-state index in [1.807, 2.05) is 37.3 Å². The van der Waals surface area contributed by atoms with E-state index >= 15 is 0 Å². The van der Waals surface area contributed by atoms with Gasteiger partial charge in [-0.25, -0.2) is 4.79 Å². The number of carbonyl (C=O) groups excluding carboxylic acids is 1. The Morgan fingerprint density at radius 3 is 2.63 bits per heavy atom. The molecule has 2 amide bonds. The summed E-state index contributed by atoms with van der Waals surface area (Å²) in [6.45, 7) is 6.41. The molecule has 1 aliphatic heterocycles. The Hall–Kier alpha value is -1.95. The summed E-state index contributed by atoms with van der Waals surface area (Å²) in [6.07, 6.45) is 0.225. The van der Waals surface area contributed by atoms with Crippen molar-refractivity contribution in [3.8, 4) is 0 Å². The van der Waals surface area contributed by atoms with Crippen LogP contribution in [-0.4, -0.2) is 31.8 Å². The van der Waals surface area contributed by atoms with Crippen molar-refractivity contribution in [2.45, 2.75) is 26.0 Å². The van der Waals surface area contributed by atoms with Crippen LogP contribution >= 0.6 is 23.2 Å². The largest absolute Gasteiger partial charge is 0.375 e. The molecular weight excluding hydrogens is 385 g/mol. The van der Waals surface area contributed by atoms with Gasteiger partial charge in [0.1, 0.15) is 0 Å². The predicted molar refractivity (Wildman–Crippen MR) is 111 cm³/mol. The highest BCUT2D eigenvalue weighted by atomic mass is 35.5. The van der Waals surface area contributed by atoms with E-state index in [9.17, 15) is 4.79 Å². The first-order chi connectivity index (χ1) is 12.9. The van der Waals surface area contributed by atoms with E-state index in [2.05, 4.69) is 22.5 Å². The summed E-state index contributed by atoms with van der Waals surface area (Å²) in [5.41, 5.74) is 2.66. The van der Waals surface area contributed by atoms with E-state index in [4.69, 9.17) is 27.9 Å². The first-order valence-corrected chi connectivity index (χ1v) is 9.67. The van der Waals surface area contributed by atoms with Gasteiger partial charge in [0.05, 0.1) is 18.8 Å². The van der Waals surface area contributed by atoms with E-state index in [-0.39, 0.29) is 18.2 Å². The molecule has 0 aromatic heterocycles. The molecule has 0 radical (unpaired) electrons. The first-order valence-electron chi connectivity index (χ1n) is 8.91. The Labute approximate surface area is 169 Å². The highest BCUT2D eigenvalue weighted by Crippen LogP contribution is 2.26. The number of rotatable bonds is 4. The summed E-state index contributed by atoms with van der Waals surface area (Å²) >= 11 is 12.1. The second kappa shape index (κ2) is 8.83. The van der Waals surface area contributed by atoms with Gasteiger partial charge in [-0.05, 0) is 55.8 Å². The summed E-state index contributed by atoms with van der Waals surface area (Å²) in [5.74, 6) is 0. The minimum Gasteiger partial charge on any atom is -0.375 e. The number of hydrogen-bond donors (Lipinski definition) is 2. The second-order valence-corrected chi connectivity index (χ2v) is 7.50. The summed E-state index contributed by atoms with van der Waals surface area (Å²) in [6, 6.07) is 12.5. The van der Waals surface area contributed by atoms with Gasteiger partial charge < -0.3 is 20.3 Å². The molecule has 2 unspecified atom stereocenters. The van der Waals surface area contributed by atoms with Crippen LogP contribution in [-0.2, 0) is 4.74 Å². The van der Waals surface area contributed by atoms with Crippen LogP contribution in [0.15, 0.2) is 42.5 Å². The number of amides is 2. The number of urea groups is 1. The van der Waals surface area contributed by atoms with Crippen LogP contribution in [0.4, 0.5) is 16.2 Å². The predicted octanol–water partition coefficient (Wildman–Crippen LogP) is 5.10. The van der Waals surface area contributed by atoms with Gasteiger partial charge in [0, 0.05) is 34.5 Å². The molecule has 0 aliphatic carbocycles. The van der Waals surface area contributed by atoms with Crippen LogP contribution in [0, 0.1) is 0 Å². The minimum absolute atomic E-state index is 0.225. The van der Waals surface area contributed by atoms with Crippen molar-refractivity contribution in [3.05, 3.63) is 58.1 Å². The highest BCUT2D eigenvalue weighted by molar-refractivity contribution is 6.35. The maximum absolute atomic E-state index is 12.3. The lowest BCUT2D eigenvalue weighted by molar-refractivity contribution is 0.0532. The lowest BCUT2D eigenvalue weighted by Crippen LogP contribution is -2.41. The molecule has 3 rings (SSSR count). The highest BCUT2D eigenvalue weighted by Gasteiger charge is 2.17. The molecular formula is C20H23Cl2N3O2.